The number of imide groups is 1. The molecule has 1 aromatic rings. The van der Waals surface area contributed by atoms with Gasteiger partial charge in [0.1, 0.15) is 5.82 Å². The largest absolute Gasteiger partial charge is 0.296 e. The summed E-state index contributed by atoms with van der Waals surface area (Å²) < 4.78 is 15.0. The minimum Gasteiger partial charge on any atom is -0.296 e. The number of rotatable bonds is 2. The van der Waals surface area contributed by atoms with Gasteiger partial charge in [0, 0.05) is 9.89 Å². The van der Waals surface area contributed by atoms with Gasteiger partial charge >= 0.3 is 0 Å². The SMILES string of the molecule is O=C1NC(=O)C2C1C2(c1cc(Br)ccc1F)C1CC1. The van der Waals surface area contributed by atoms with Crippen LogP contribution in [0.3, 0.4) is 0 Å². The number of nitrogens with one attached hydrogen (secondary N) is 1. The number of fused-ring (bicyclic) bond motifs is 1. The Bertz CT molecular complexity index is 606. The summed E-state index contributed by atoms with van der Waals surface area (Å²) in [6.45, 7) is 0. The first-order valence-corrected chi connectivity index (χ1v) is 7.16. The number of hydrogen-bond donors (Lipinski definition) is 1. The molecule has 19 heavy (non-hydrogen) atoms. The fraction of sp³-hybridized carbons (Fsp3) is 0.429. The molecule has 1 aromatic carbocycles. The van der Waals surface area contributed by atoms with Crippen LogP contribution in [-0.2, 0) is 15.0 Å². The summed E-state index contributed by atoms with van der Waals surface area (Å²) in [5, 5.41) is 2.35. The third-order valence-corrected chi connectivity index (χ3v) is 5.21. The van der Waals surface area contributed by atoms with Gasteiger partial charge in [-0.2, -0.15) is 0 Å². The monoisotopic (exact) mass is 323 g/mol. The molecule has 1 aliphatic heterocycles. The molecule has 2 saturated carbocycles. The van der Waals surface area contributed by atoms with E-state index in [0.29, 0.717) is 5.56 Å². The summed E-state index contributed by atoms with van der Waals surface area (Å²) in [7, 11) is 0. The van der Waals surface area contributed by atoms with Gasteiger partial charge in [0.2, 0.25) is 11.8 Å². The predicted octanol–water partition coefficient (Wildman–Crippen LogP) is 2.14. The average Bonchev–Trinajstić information content (AvgIpc) is 3.22. The Balaban J connectivity index is 1.89. The lowest BCUT2D eigenvalue weighted by atomic mass is 9.85. The molecule has 1 N–H and O–H groups in total. The van der Waals surface area contributed by atoms with Crippen LogP contribution in [0.2, 0.25) is 0 Å². The van der Waals surface area contributed by atoms with E-state index in [4.69, 9.17) is 0 Å². The Morgan fingerprint density at radius 1 is 1.21 bits per heavy atom. The molecule has 2 aliphatic carbocycles. The first-order chi connectivity index (χ1) is 9.06. The summed E-state index contributed by atoms with van der Waals surface area (Å²) >= 11 is 3.34. The molecule has 0 spiro atoms. The highest BCUT2D eigenvalue weighted by atomic mass is 79.9. The van der Waals surface area contributed by atoms with Crippen LogP contribution in [0.5, 0.6) is 0 Å². The molecule has 0 bridgehead atoms. The topological polar surface area (TPSA) is 46.2 Å². The second kappa shape index (κ2) is 3.45. The van der Waals surface area contributed by atoms with E-state index < -0.39 is 5.41 Å². The quantitative estimate of drug-likeness (QED) is 0.847. The molecule has 0 aromatic heterocycles. The Hall–Kier alpha value is -1.23. The minimum atomic E-state index is -0.576. The van der Waals surface area contributed by atoms with Gasteiger partial charge in [0.05, 0.1) is 11.8 Å². The zero-order valence-electron chi connectivity index (χ0n) is 9.95. The fourth-order valence-electron chi connectivity index (χ4n) is 3.87. The molecule has 0 radical (unpaired) electrons. The van der Waals surface area contributed by atoms with E-state index in [1.807, 2.05) is 0 Å². The maximum Gasteiger partial charge on any atom is 0.231 e. The molecule has 2 atom stereocenters. The number of piperidine rings is 1. The van der Waals surface area contributed by atoms with Crippen molar-refractivity contribution in [2.45, 2.75) is 18.3 Å². The fourth-order valence-corrected chi connectivity index (χ4v) is 4.24. The van der Waals surface area contributed by atoms with Crippen molar-refractivity contribution < 1.29 is 14.0 Å². The summed E-state index contributed by atoms with van der Waals surface area (Å²) in [4.78, 5) is 23.8. The summed E-state index contributed by atoms with van der Waals surface area (Å²) in [6.07, 6.45) is 1.94. The van der Waals surface area contributed by atoms with Crippen LogP contribution in [-0.4, -0.2) is 11.8 Å². The molecule has 4 rings (SSSR count). The van der Waals surface area contributed by atoms with Gasteiger partial charge in [0.25, 0.3) is 0 Å². The van der Waals surface area contributed by atoms with Crippen molar-refractivity contribution in [1.29, 1.82) is 0 Å². The molecule has 5 heteroatoms. The van der Waals surface area contributed by atoms with Crippen LogP contribution in [0.4, 0.5) is 4.39 Å². The van der Waals surface area contributed by atoms with E-state index >= 15 is 0 Å². The van der Waals surface area contributed by atoms with Crippen LogP contribution in [0.25, 0.3) is 0 Å². The molecule has 1 saturated heterocycles. The average molecular weight is 324 g/mol. The highest BCUT2D eigenvalue weighted by Crippen LogP contribution is 2.72. The van der Waals surface area contributed by atoms with Gasteiger partial charge in [-0.1, -0.05) is 15.9 Å². The van der Waals surface area contributed by atoms with Gasteiger partial charge in [0.15, 0.2) is 0 Å². The third kappa shape index (κ3) is 1.31. The summed E-state index contributed by atoms with van der Waals surface area (Å²) in [5.41, 5.74) is -0.0459. The molecule has 2 amide bonds. The van der Waals surface area contributed by atoms with Crippen LogP contribution in [0.15, 0.2) is 22.7 Å². The summed E-state index contributed by atoms with van der Waals surface area (Å²) in [6, 6.07) is 4.77. The second-order valence-electron chi connectivity index (χ2n) is 5.64. The Kier molecular flexibility index (Phi) is 2.10. The van der Waals surface area contributed by atoms with Crippen molar-refractivity contribution in [1.82, 2.24) is 5.32 Å². The molecular formula is C14H11BrFNO2. The number of hydrogen-bond acceptors (Lipinski definition) is 2. The normalized spacial score (nSPS) is 36.1. The van der Waals surface area contributed by atoms with E-state index in [1.54, 1.807) is 12.1 Å². The molecule has 3 nitrogen and oxygen atoms in total. The lowest BCUT2D eigenvalue weighted by Gasteiger charge is -2.21. The minimum absolute atomic E-state index is 0.235. The Morgan fingerprint density at radius 3 is 2.42 bits per heavy atom. The number of carbonyl (C=O) groups is 2. The lowest BCUT2D eigenvalue weighted by molar-refractivity contribution is -0.128. The first kappa shape index (κ1) is 11.6. The van der Waals surface area contributed by atoms with Gasteiger partial charge in [-0.05, 0) is 42.5 Å². The molecule has 1 heterocycles. The van der Waals surface area contributed by atoms with Crippen molar-refractivity contribution in [2.24, 2.45) is 17.8 Å². The van der Waals surface area contributed by atoms with Gasteiger partial charge in [-0.15, -0.1) is 0 Å². The van der Waals surface area contributed by atoms with E-state index in [9.17, 15) is 14.0 Å². The Morgan fingerprint density at radius 2 is 1.84 bits per heavy atom. The van der Waals surface area contributed by atoms with Crippen molar-refractivity contribution in [3.8, 4) is 0 Å². The van der Waals surface area contributed by atoms with Crippen LogP contribution >= 0.6 is 15.9 Å². The number of carbonyl (C=O) groups excluding carboxylic acids is 2. The third-order valence-electron chi connectivity index (χ3n) is 4.71. The van der Waals surface area contributed by atoms with Crippen molar-refractivity contribution in [3.63, 3.8) is 0 Å². The molecule has 3 fully saturated rings. The Labute approximate surface area is 117 Å². The predicted molar refractivity (Wildman–Crippen MR) is 68.6 cm³/mol. The number of halogens is 2. The second-order valence-corrected chi connectivity index (χ2v) is 6.56. The van der Waals surface area contributed by atoms with E-state index in [1.165, 1.54) is 6.07 Å². The first-order valence-electron chi connectivity index (χ1n) is 6.37. The van der Waals surface area contributed by atoms with Crippen molar-refractivity contribution in [2.75, 3.05) is 0 Å². The molecular weight excluding hydrogens is 313 g/mol. The number of amides is 2. The van der Waals surface area contributed by atoms with Gasteiger partial charge in [-0.3, -0.25) is 14.9 Å². The smallest absolute Gasteiger partial charge is 0.231 e. The van der Waals surface area contributed by atoms with E-state index in [-0.39, 0.29) is 35.4 Å². The highest BCUT2D eigenvalue weighted by Gasteiger charge is 2.80. The lowest BCUT2D eigenvalue weighted by Crippen LogP contribution is -2.35. The zero-order chi connectivity index (χ0) is 13.4. The molecule has 2 unspecified atom stereocenters. The van der Waals surface area contributed by atoms with E-state index in [0.717, 1.165) is 17.3 Å². The molecule has 98 valence electrons. The van der Waals surface area contributed by atoms with Crippen molar-refractivity contribution in [3.05, 3.63) is 34.1 Å². The maximum atomic E-state index is 14.2. The standard InChI is InChI=1S/C14H11BrFNO2/c15-7-3-4-9(16)8(5-7)14(6-1-2-6)10-11(14)13(19)17-12(10)18/h3-6,10-11H,1-2H2,(H,17,18,19). The maximum absolute atomic E-state index is 14.2. The van der Waals surface area contributed by atoms with Crippen LogP contribution in [0.1, 0.15) is 18.4 Å². The summed E-state index contributed by atoms with van der Waals surface area (Å²) in [5.74, 6) is -1.25. The van der Waals surface area contributed by atoms with E-state index in [2.05, 4.69) is 21.2 Å². The van der Waals surface area contributed by atoms with Crippen molar-refractivity contribution >= 4 is 27.7 Å². The number of benzene rings is 1. The molecule has 3 aliphatic rings. The zero-order valence-corrected chi connectivity index (χ0v) is 11.5. The van der Waals surface area contributed by atoms with Crippen LogP contribution in [0, 0.1) is 23.6 Å². The van der Waals surface area contributed by atoms with Gasteiger partial charge in [-0.25, -0.2) is 4.39 Å². The highest BCUT2D eigenvalue weighted by molar-refractivity contribution is 9.10. The van der Waals surface area contributed by atoms with Gasteiger partial charge < -0.3 is 0 Å². The van der Waals surface area contributed by atoms with Crippen LogP contribution < -0.4 is 5.32 Å².